The van der Waals surface area contributed by atoms with Gasteiger partial charge < -0.3 is 55.7 Å². The van der Waals surface area contributed by atoms with Gasteiger partial charge in [0.2, 0.25) is 41.4 Å². The van der Waals surface area contributed by atoms with Crippen molar-refractivity contribution < 1.29 is 62.1 Å². The van der Waals surface area contributed by atoms with Gasteiger partial charge in [-0.3, -0.25) is 38.4 Å². The zero-order valence-corrected chi connectivity index (χ0v) is 56.0. The number of carbonyl (C=O) groups is 9. The van der Waals surface area contributed by atoms with Crippen LogP contribution in [0.3, 0.4) is 0 Å². The molecule has 0 bridgehead atoms. The lowest BCUT2D eigenvalue weighted by molar-refractivity contribution is -0.158. The maximum Gasteiger partial charge on any atom is 0.329 e. The van der Waals surface area contributed by atoms with Gasteiger partial charge in [-0.1, -0.05) is 171 Å². The molecule has 7 amide bonds. The monoisotopic (exact) mass is 1270 g/mol. The predicted molar refractivity (Wildman–Crippen MR) is 350 cm³/mol. The Hall–Kier alpha value is -7.97. The number of Topliss-reactive ketones (excluding diaryl/α,β-unsaturated/α-hetero) is 1. The number of nitrogens with zero attached hydrogens (tertiary/aromatic N) is 1. The first-order chi connectivity index (χ1) is 43.6. The van der Waals surface area contributed by atoms with Crippen LogP contribution in [-0.4, -0.2) is 133 Å². The molecule has 2 aliphatic heterocycles. The third-order valence-electron chi connectivity index (χ3n) is 17.3. The summed E-state index contributed by atoms with van der Waals surface area (Å²) in [5.74, 6) is -8.56. The summed E-state index contributed by atoms with van der Waals surface area (Å²) in [7, 11) is 1.50. The van der Waals surface area contributed by atoms with Gasteiger partial charge in [0.15, 0.2) is 12.1 Å². The standard InChI is InChI=1S/C72H99N7O13/c1-14-46(7)54-43-59(80)55(36-38-61-89-39-40-90-61)73-66(84)57(41-44(3)4)75-68(86)63(48(9)91-70(88)62(47(8)15-2)76-67(85)58(79(13)69(54)87)42-49-31-33-53(34-32-49)92-71(10,11)12)77-65(83)56(74-64(82)45(5)6)35-37-60(81)78-72(50-25-19-16-20-26-50,51-27-21-17-22-28-51)52-29-23-18-24-30-52/h16-34,44-48,54-58,61-63H,14-15,35-43H2,1-13H3,(H,73,84)(H,74,82)(H,75,86)(H,76,85)(H,77,83)(H,78,81)/t46-,47-,48+,54-,55-,56-,57-,58-,62-,63-/m0/s1. The van der Waals surface area contributed by atoms with Crippen molar-refractivity contribution in [3.8, 4) is 5.75 Å². The molecule has 0 unspecified atom stereocenters. The minimum absolute atomic E-state index is 0.0283. The summed E-state index contributed by atoms with van der Waals surface area (Å²) >= 11 is 0. The number of ketones is 1. The normalized spacial score (nSPS) is 22.2. The molecule has 0 radical (unpaired) electrons. The molecule has 2 fully saturated rings. The smallest absolute Gasteiger partial charge is 0.329 e. The van der Waals surface area contributed by atoms with E-state index in [1.807, 2.05) is 146 Å². The number of likely N-dealkylation sites (N-methyl/N-ethyl adjacent to an activating group) is 1. The number of amides is 7. The van der Waals surface area contributed by atoms with E-state index in [1.54, 1.807) is 45.0 Å². The summed E-state index contributed by atoms with van der Waals surface area (Å²) in [6, 6.07) is 27.1. The Morgan fingerprint density at radius 3 is 1.73 bits per heavy atom. The molecule has 92 heavy (non-hydrogen) atoms. The molecule has 20 nitrogen and oxygen atoms in total. The van der Waals surface area contributed by atoms with Crippen LogP contribution >= 0.6 is 0 Å². The maximum absolute atomic E-state index is 15.3. The topological polar surface area (TPSA) is 266 Å². The average molecular weight is 1270 g/mol. The van der Waals surface area contributed by atoms with Crippen LogP contribution in [0.1, 0.15) is 157 Å². The second-order valence-corrected chi connectivity index (χ2v) is 26.3. The first-order valence-electron chi connectivity index (χ1n) is 32.7. The number of esters is 1. The first-order valence-corrected chi connectivity index (χ1v) is 32.7. The van der Waals surface area contributed by atoms with Crippen LogP contribution in [0.4, 0.5) is 0 Å². The first kappa shape index (κ1) is 73.1. The molecule has 2 saturated heterocycles. The minimum atomic E-state index is -1.79. The Bertz CT molecular complexity index is 3000. The second-order valence-electron chi connectivity index (χ2n) is 26.3. The average Bonchev–Trinajstić information content (AvgIpc) is 0.785. The van der Waals surface area contributed by atoms with E-state index in [9.17, 15) is 24.0 Å². The lowest BCUT2D eigenvalue weighted by Gasteiger charge is -2.37. The Morgan fingerprint density at radius 2 is 1.22 bits per heavy atom. The van der Waals surface area contributed by atoms with Gasteiger partial charge in [0.1, 0.15) is 53.2 Å². The van der Waals surface area contributed by atoms with Crippen molar-refractivity contribution in [1.82, 2.24) is 36.8 Å². The number of hydrogen-bond donors (Lipinski definition) is 6. The van der Waals surface area contributed by atoms with Gasteiger partial charge >= 0.3 is 5.97 Å². The van der Waals surface area contributed by atoms with E-state index in [0.717, 1.165) is 16.7 Å². The van der Waals surface area contributed by atoms with Crippen molar-refractivity contribution in [2.75, 3.05) is 20.3 Å². The van der Waals surface area contributed by atoms with Crippen LogP contribution in [0.25, 0.3) is 0 Å². The number of benzene rings is 4. The van der Waals surface area contributed by atoms with Gasteiger partial charge in [-0.15, -0.1) is 0 Å². The van der Waals surface area contributed by atoms with Gasteiger partial charge in [0.05, 0.1) is 19.3 Å². The number of nitrogens with one attached hydrogen (secondary N) is 6. The Kier molecular flexibility index (Phi) is 27.1. The van der Waals surface area contributed by atoms with Crippen molar-refractivity contribution >= 4 is 53.1 Å². The van der Waals surface area contributed by atoms with Gasteiger partial charge in [-0.05, 0) is 99.1 Å². The third-order valence-corrected chi connectivity index (χ3v) is 17.3. The highest BCUT2D eigenvalue weighted by molar-refractivity contribution is 5.98. The van der Waals surface area contributed by atoms with Crippen molar-refractivity contribution in [2.45, 2.75) is 201 Å². The molecule has 2 aliphatic rings. The van der Waals surface area contributed by atoms with Crippen molar-refractivity contribution in [1.29, 1.82) is 0 Å². The molecular formula is C72H99N7O13. The highest BCUT2D eigenvalue weighted by Gasteiger charge is 2.43. The van der Waals surface area contributed by atoms with Crippen LogP contribution in [0.5, 0.6) is 5.75 Å². The molecule has 4 aromatic rings. The molecule has 6 N–H and O–H groups in total. The second kappa shape index (κ2) is 34.1. The molecule has 0 spiro atoms. The van der Waals surface area contributed by atoms with E-state index in [-0.39, 0.29) is 50.9 Å². The van der Waals surface area contributed by atoms with Crippen LogP contribution in [-0.2, 0) is 69.3 Å². The molecule has 4 aromatic carbocycles. The lowest BCUT2D eigenvalue weighted by Crippen LogP contribution is -2.61. The van der Waals surface area contributed by atoms with E-state index in [0.29, 0.717) is 37.4 Å². The van der Waals surface area contributed by atoms with Crippen molar-refractivity contribution in [3.63, 3.8) is 0 Å². The zero-order chi connectivity index (χ0) is 67.5. The number of carbonyl (C=O) groups excluding carboxylic acids is 9. The zero-order valence-electron chi connectivity index (χ0n) is 56.0. The number of rotatable bonds is 23. The van der Waals surface area contributed by atoms with Crippen LogP contribution in [0.2, 0.25) is 0 Å². The predicted octanol–water partition coefficient (Wildman–Crippen LogP) is 8.01. The van der Waals surface area contributed by atoms with Gasteiger partial charge in [-0.2, -0.15) is 0 Å². The molecule has 6 rings (SSSR count). The van der Waals surface area contributed by atoms with E-state index < -0.39 is 137 Å². The molecule has 0 aromatic heterocycles. The molecular weight excluding hydrogens is 1170 g/mol. The van der Waals surface area contributed by atoms with Crippen LogP contribution < -0.4 is 36.6 Å². The highest BCUT2D eigenvalue weighted by atomic mass is 16.7. The lowest BCUT2D eigenvalue weighted by atomic mass is 9.77. The van der Waals surface area contributed by atoms with E-state index in [1.165, 1.54) is 18.9 Å². The molecule has 10 atom stereocenters. The van der Waals surface area contributed by atoms with E-state index >= 15 is 19.2 Å². The van der Waals surface area contributed by atoms with Gasteiger partial charge in [0.25, 0.3) is 0 Å². The fourth-order valence-electron chi connectivity index (χ4n) is 11.5. The maximum atomic E-state index is 15.3. The van der Waals surface area contributed by atoms with Crippen molar-refractivity contribution in [3.05, 3.63) is 138 Å². The van der Waals surface area contributed by atoms with Crippen LogP contribution in [0, 0.1) is 29.6 Å². The van der Waals surface area contributed by atoms with Gasteiger partial charge in [0, 0.05) is 44.6 Å². The highest BCUT2D eigenvalue weighted by Crippen LogP contribution is 2.37. The number of cyclic esters (lactones) is 1. The molecule has 20 heteroatoms. The SMILES string of the molecule is CC[C@H](C)[C@@H]1CC(=O)[C@H](CCC2OCCO2)NC(=O)[C@H](CC(C)C)NC(=O)[C@@H](NC(=O)[C@H](CCC(=O)NC(c2ccccc2)(c2ccccc2)c2ccccc2)NC(=O)C(C)C)[C@@H](C)OC(=O)[C@H]([C@@H](C)CC)NC(=O)[C@H](Cc2ccc(OC(C)(C)C)cc2)N(C)C1=O. The van der Waals surface area contributed by atoms with Crippen molar-refractivity contribution in [2.24, 2.45) is 29.6 Å². The van der Waals surface area contributed by atoms with E-state index in [4.69, 9.17) is 18.9 Å². The summed E-state index contributed by atoms with van der Waals surface area (Å²) in [6.07, 6.45) is -2.07. The molecule has 0 aliphatic carbocycles. The molecule has 2 heterocycles. The summed E-state index contributed by atoms with van der Waals surface area (Å²) < 4.78 is 23.7. The molecule has 500 valence electrons. The minimum Gasteiger partial charge on any atom is -0.488 e. The summed E-state index contributed by atoms with van der Waals surface area (Å²) in [4.78, 5) is 135. The third kappa shape index (κ3) is 20.3. The van der Waals surface area contributed by atoms with Crippen LogP contribution in [0.15, 0.2) is 115 Å². The Labute approximate surface area is 543 Å². The van der Waals surface area contributed by atoms with E-state index in [2.05, 4.69) is 31.9 Å². The largest absolute Gasteiger partial charge is 0.488 e. The summed E-state index contributed by atoms with van der Waals surface area (Å²) in [6.45, 7) is 22.0. The number of hydrogen-bond acceptors (Lipinski definition) is 13. The van der Waals surface area contributed by atoms with Gasteiger partial charge in [-0.25, -0.2) is 4.79 Å². The molecule has 0 saturated carbocycles. The fraction of sp³-hybridized carbons (Fsp3) is 0.542. The Balaban J connectivity index is 1.42. The summed E-state index contributed by atoms with van der Waals surface area (Å²) in [5, 5.41) is 17.4. The summed E-state index contributed by atoms with van der Waals surface area (Å²) in [5.41, 5.74) is 1.20. The Morgan fingerprint density at radius 1 is 0.674 bits per heavy atom. The quantitative estimate of drug-likeness (QED) is 0.0304. The fourth-order valence-corrected chi connectivity index (χ4v) is 11.5. The number of ether oxygens (including phenoxy) is 4.